The highest BCUT2D eigenvalue weighted by atomic mass is 16.5. The summed E-state index contributed by atoms with van der Waals surface area (Å²) in [5, 5.41) is 0.944. The highest BCUT2D eigenvalue weighted by molar-refractivity contribution is 5.91. The van der Waals surface area contributed by atoms with Crippen LogP contribution in [0.3, 0.4) is 0 Å². The maximum absolute atomic E-state index is 11.5. The molecule has 0 radical (unpaired) electrons. The molecule has 2 aromatic carbocycles. The number of ether oxygens (including phenoxy) is 2. The number of carbonyl (C=O) groups is 1. The molecule has 4 nitrogen and oxygen atoms in total. The summed E-state index contributed by atoms with van der Waals surface area (Å²) < 4.78 is 10.5. The lowest BCUT2D eigenvalue weighted by atomic mass is 10.2. The molecule has 0 amide bonds. The van der Waals surface area contributed by atoms with Gasteiger partial charge in [-0.15, -0.1) is 0 Å². The standard InChI is InChI=1S/C18H15NO3/c1-21-18(20)16-10-8-14-7-9-15(11-17(14)19-16)22-12-13-5-3-2-4-6-13/h2-11H,12H2,1H3. The second-order valence-electron chi connectivity index (χ2n) is 4.82. The Balaban J connectivity index is 1.83. The lowest BCUT2D eigenvalue weighted by molar-refractivity contribution is 0.0594. The van der Waals surface area contributed by atoms with Crippen molar-refractivity contribution in [1.29, 1.82) is 0 Å². The minimum Gasteiger partial charge on any atom is -0.489 e. The number of methoxy groups -OCH3 is 1. The van der Waals surface area contributed by atoms with E-state index >= 15 is 0 Å². The zero-order valence-electron chi connectivity index (χ0n) is 12.2. The summed E-state index contributed by atoms with van der Waals surface area (Å²) in [6.45, 7) is 0.489. The number of aromatic nitrogens is 1. The molecule has 3 aromatic rings. The summed E-state index contributed by atoms with van der Waals surface area (Å²) in [7, 11) is 1.34. The van der Waals surface area contributed by atoms with E-state index in [1.54, 1.807) is 6.07 Å². The van der Waals surface area contributed by atoms with Gasteiger partial charge in [-0.05, 0) is 23.8 Å². The second kappa shape index (κ2) is 6.26. The molecule has 1 aromatic heterocycles. The van der Waals surface area contributed by atoms with Gasteiger partial charge in [0.1, 0.15) is 18.1 Å². The highest BCUT2D eigenvalue weighted by Gasteiger charge is 2.08. The SMILES string of the molecule is COC(=O)c1ccc2ccc(OCc3ccccc3)cc2n1. The lowest BCUT2D eigenvalue weighted by Gasteiger charge is -2.07. The summed E-state index contributed by atoms with van der Waals surface area (Å²) in [6.07, 6.45) is 0. The zero-order valence-corrected chi connectivity index (χ0v) is 12.2. The van der Waals surface area contributed by atoms with E-state index in [1.165, 1.54) is 7.11 Å². The van der Waals surface area contributed by atoms with Gasteiger partial charge in [0.25, 0.3) is 0 Å². The van der Waals surface area contributed by atoms with Crippen LogP contribution in [0.5, 0.6) is 5.75 Å². The molecule has 110 valence electrons. The second-order valence-corrected chi connectivity index (χ2v) is 4.82. The van der Waals surface area contributed by atoms with Crippen LogP contribution in [0.4, 0.5) is 0 Å². The number of carbonyl (C=O) groups excluding carboxylic acids is 1. The van der Waals surface area contributed by atoms with Gasteiger partial charge in [-0.2, -0.15) is 0 Å². The van der Waals surface area contributed by atoms with Gasteiger partial charge in [-0.3, -0.25) is 0 Å². The third kappa shape index (κ3) is 3.06. The van der Waals surface area contributed by atoms with E-state index in [0.29, 0.717) is 17.9 Å². The molecule has 0 aliphatic carbocycles. The molecule has 0 atom stereocenters. The third-order valence-electron chi connectivity index (χ3n) is 3.31. The molecular formula is C18H15NO3. The quantitative estimate of drug-likeness (QED) is 0.690. The Morgan fingerprint density at radius 2 is 1.82 bits per heavy atom. The van der Waals surface area contributed by atoms with Crippen LogP contribution in [0.2, 0.25) is 0 Å². The molecule has 4 heteroatoms. The molecule has 0 saturated heterocycles. The van der Waals surface area contributed by atoms with Gasteiger partial charge in [0.05, 0.1) is 12.6 Å². The number of rotatable bonds is 4. The van der Waals surface area contributed by atoms with Crippen LogP contribution in [-0.4, -0.2) is 18.1 Å². The first-order chi connectivity index (χ1) is 10.8. The van der Waals surface area contributed by atoms with Gasteiger partial charge in [-0.1, -0.05) is 36.4 Å². The fraction of sp³-hybridized carbons (Fsp3) is 0.111. The van der Waals surface area contributed by atoms with Crippen LogP contribution in [0.25, 0.3) is 10.9 Å². The van der Waals surface area contributed by atoms with E-state index in [-0.39, 0.29) is 5.69 Å². The van der Waals surface area contributed by atoms with Gasteiger partial charge in [0, 0.05) is 11.5 Å². The number of benzene rings is 2. The van der Waals surface area contributed by atoms with Crippen LogP contribution >= 0.6 is 0 Å². The van der Waals surface area contributed by atoms with E-state index in [2.05, 4.69) is 9.72 Å². The number of fused-ring (bicyclic) bond motifs is 1. The van der Waals surface area contributed by atoms with Crippen molar-refractivity contribution in [2.75, 3.05) is 7.11 Å². The molecule has 0 bridgehead atoms. The molecular weight excluding hydrogens is 278 g/mol. The van der Waals surface area contributed by atoms with Crippen molar-refractivity contribution in [3.63, 3.8) is 0 Å². The Kier molecular flexibility index (Phi) is 4.01. The minimum absolute atomic E-state index is 0.287. The van der Waals surface area contributed by atoms with Crippen LogP contribution in [0.1, 0.15) is 16.1 Å². The normalized spacial score (nSPS) is 10.4. The summed E-state index contributed by atoms with van der Waals surface area (Å²) >= 11 is 0. The smallest absolute Gasteiger partial charge is 0.356 e. The molecule has 1 heterocycles. The molecule has 22 heavy (non-hydrogen) atoms. The lowest BCUT2D eigenvalue weighted by Crippen LogP contribution is -2.04. The molecule has 0 fully saturated rings. The van der Waals surface area contributed by atoms with E-state index in [1.807, 2.05) is 54.6 Å². The van der Waals surface area contributed by atoms with Crippen molar-refractivity contribution in [2.45, 2.75) is 6.61 Å². The summed E-state index contributed by atoms with van der Waals surface area (Å²) in [6, 6.07) is 19.1. The predicted molar refractivity (Wildman–Crippen MR) is 83.9 cm³/mol. The zero-order chi connectivity index (χ0) is 15.4. The Bertz CT molecular complexity index is 800. The average Bonchev–Trinajstić information content (AvgIpc) is 2.59. The van der Waals surface area contributed by atoms with Crippen LogP contribution < -0.4 is 4.74 Å². The average molecular weight is 293 g/mol. The number of esters is 1. The van der Waals surface area contributed by atoms with Crippen molar-refractivity contribution in [3.8, 4) is 5.75 Å². The molecule has 0 aliphatic heterocycles. The summed E-state index contributed by atoms with van der Waals surface area (Å²) in [4.78, 5) is 15.8. The Morgan fingerprint density at radius 3 is 2.59 bits per heavy atom. The Morgan fingerprint density at radius 1 is 1.05 bits per heavy atom. The van der Waals surface area contributed by atoms with Crippen molar-refractivity contribution in [3.05, 3.63) is 71.9 Å². The molecule has 0 spiro atoms. The fourth-order valence-corrected chi connectivity index (χ4v) is 2.15. The molecule has 0 N–H and O–H groups in total. The first-order valence-electron chi connectivity index (χ1n) is 6.92. The minimum atomic E-state index is -0.447. The van der Waals surface area contributed by atoms with Crippen molar-refractivity contribution in [2.24, 2.45) is 0 Å². The van der Waals surface area contributed by atoms with E-state index in [0.717, 1.165) is 10.9 Å². The van der Waals surface area contributed by atoms with Crippen LogP contribution in [0, 0.1) is 0 Å². The van der Waals surface area contributed by atoms with Crippen molar-refractivity contribution >= 4 is 16.9 Å². The van der Waals surface area contributed by atoms with Gasteiger partial charge < -0.3 is 9.47 Å². The van der Waals surface area contributed by atoms with Gasteiger partial charge in [-0.25, -0.2) is 9.78 Å². The van der Waals surface area contributed by atoms with Gasteiger partial charge in [0.15, 0.2) is 0 Å². The maximum Gasteiger partial charge on any atom is 0.356 e. The first kappa shape index (κ1) is 14.1. The summed E-state index contributed by atoms with van der Waals surface area (Å²) in [5.41, 5.74) is 2.09. The van der Waals surface area contributed by atoms with Crippen molar-refractivity contribution < 1.29 is 14.3 Å². The number of hydrogen-bond donors (Lipinski definition) is 0. The van der Waals surface area contributed by atoms with Gasteiger partial charge >= 0.3 is 5.97 Å². The van der Waals surface area contributed by atoms with Crippen molar-refractivity contribution in [1.82, 2.24) is 4.98 Å². The van der Waals surface area contributed by atoms with E-state index in [4.69, 9.17) is 4.74 Å². The first-order valence-corrected chi connectivity index (χ1v) is 6.92. The van der Waals surface area contributed by atoms with E-state index in [9.17, 15) is 4.79 Å². The highest BCUT2D eigenvalue weighted by Crippen LogP contribution is 2.21. The molecule has 3 rings (SSSR count). The molecule has 0 aliphatic rings. The van der Waals surface area contributed by atoms with Crippen LogP contribution in [0.15, 0.2) is 60.7 Å². The third-order valence-corrected chi connectivity index (χ3v) is 3.31. The number of nitrogens with zero attached hydrogens (tertiary/aromatic N) is 1. The Labute approximate surface area is 128 Å². The molecule has 0 unspecified atom stereocenters. The number of pyridine rings is 1. The summed E-state index contributed by atoms with van der Waals surface area (Å²) in [5.74, 6) is 0.267. The Hall–Kier alpha value is -2.88. The van der Waals surface area contributed by atoms with Crippen LogP contribution in [-0.2, 0) is 11.3 Å². The topological polar surface area (TPSA) is 48.4 Å². The van der Waals surface area contributed by atoms with Gasteiger partial charge in [0.2, 0.25) is 0 Å². The number of hydrogen-bond acceptors (Lipinski definition) is 4. The fourth-order valence-electron chi connectivity index (χ4n) is 2.15. The largest absolute Gasteiger partial charge is 0.489 e. The monoisotopic (exact) mass is 293 g/mol. The molecule has 0 saturated carbocycles. The predicted octanol–water partition coefficient (Wildman–Crippen LogP) is 3.60. The van der Waals surface area contributed by atoms with E-state index < -0.39 is 5.97 Å². The maximum atomic E-state index is 11.5.